The van der Waals surface area contributed by atoms with Gasteiger partial charge in [0, 0.05) is 24.4 Å². The Kier molecular flexibility index (Phi) is 4.45. The van der Waals surface area contributed by atoms with E-state index < -0.39 is 11.7 Å². The zero-order valence-electron chi connectivity index (χ0n) is 11.8. The first kappa shape index (κ1) is 15.3. The van der Waals surface area contributed by atoms with Crippen molar-refractivity contribution in [1.29, 1.82) is 0 Å². The minimum Gasteiger partial charge on any atom is -0.373 e. The highest BCUT2D eigenvalue weighted by atomic mass is 19.4. The zero-order chi connectivity index (χ0) is 15.5. The van der Waals surface area contributed by atoms with Crippen LogP contribution in [0.3, 0.4) is 0 Å². The number of aromatic nitrogens is 2. The normalized spacial score (nSPS) is 11.5. The molecule has 0 radical (unpaired) electrons. The molecule has 0 saturated carbocycles. The molecule has 0 unspecified atom stereocenters. The summed E-state index contributed by atoms with van der Waals surface area (Å²) < 4.78 is 38.3. The van der Waals surface area contributed by atoms with Crippen molar-refractivity contribution in [2.45, 2.75) is 25.9 Å². The average Bonchev–Trinajstić information content (AvgIpc) is 2.46. The number of hydrogen-bond acceptors (Lipinski definition) is 3. The standard InChI is InChI=1S/C15H16F3N3/c1-3-5-12-9-13(19-2)21-14(20-12)10-6-4-7-11(8-10)15(16,17)18/h4,6-9H,3,5H2,1-2H3,(H,19,20,21). The lowest BCUT2D eigenvalue weighted by Gasteiger charge is -2.10. The predicted octanol–water partition coefficient (Wildman–Crippen LogP) is 4.16. The van der Waals surface area contributed by atoms with Gasteiger partial charge < -0.3 is 5.32 Å². The Labute approximate surface area is 121 Å². The van der Waals surface area contributed by atoms with Gasteiger partial charge in [-0.2, -0.15) is 13.2 Å². The summed E-state index contributed by atoms with van der Waals surface area (Å²) in [5.74, 6) is 0.900. The molecular formula is C15H16F3N3. The van der Waals surface area contributed by atoms with Crippen LogP contribution in [-0.4, -0.2) is 17.0 Å². The monoisotopic (exact) mass is 295 g/mol. The zero-order valence-corrected chi connectivity index (χ0v) is 11.8. The summed E-state index contributed by atoms with van der Waals surface area (Å²) in [6.07, 6.45) is -2.71. The largest absolute Gasteiger partial charge is 0.416 e. The van der Waals surface area contributed by atoms with Gasteiger partial charge in [0.25, 0.3) is 0 Å². The first-order valence-electron chi connectivity index (χ1n) is 6.67. The second-order valence-corrected chi connectivity index (χ2v) is 4.65. The molecule has 0 amide bonds. The van der Waals surface area contributed by atoms with Crippen LogP contribution in [-0.2, 0) is 12.6 Å². The molecule has 2 aromatic rings. The van der Waals surface area contributed by atoms with Crippen molar-refractivity contribution in [3.63, 3.8) is 0 Å². The lowest BCUT2D eigenvalue weighted by atomic mass is 10.1. The molecule has 6 heteroatoms. The number of rotatable bonds is 4. The van der Waals surface area contributed by atoms with Gasteiger partial charge >= 0.3 is 6.18 Å². The first-order chi connectivity index (χ1) is 9.94. The highest BCUT2D eigenvalue weighted by Crippen LogP contribution is 2.31. The molecule has 1 aromatic heterocycles. The van der Waals surface area contributed by atoms with Crippen LogP contribution in [0.1, 0.15) is 24.6 Å². The third kappa shape index (κ3) is 3.71. The van der Waals surface area contributed by atoms with Gasteiger partial charge in [-0.15, -0.1) is 0 Å². The number of aryl methyl sites for hydroxylation is 1. The molecule has 1 aromatic carbocycles. The fourth-order valence-corrected chi connectivity index (χ4v) is 1.97. The van der Waals surface area contributed by atoms with E-state index in [2.05, 4.69) is 15.3 Å². The molecule has 21 heavy (non-hydrogen) atoms. The molecule has 0 aliphatic rings. The Morgan fingerprint density at radius 1 is 1.14 bits per heavy atom. The van der Waals surface area contributed by atoms with Gasteiger partial charge in [-0.05, 0) is 18.6 Å². The van der Waals surface area contributed by atoms with Crippen LogP contribution >= 0.6 is 0 Å². The van der Waals surface area contributed by atoms with Crippen molar-refractivity contribution in [3.05, 3.63) is 41.6 Å². The summed E-state index contributed by atoms with van der Waals surface area (Å²) in [6, 6.07) is 6.87. The van der Waals surface area contributed by atoms with Crippen molar-refractivity contribution >= 4 is 5.82 Å². The van der Waals surface area contributed by atoms with E-state index in [1.54, 1.807) is 19.2 Å². The molecule has 112 valence electrons. The van der Waals surface area contributed by atoms with E-state index in [9.17, 15) is 13.2 Å². The van der Waals surface area contributed by atoms with Gasteiger partial charge in [0.1, 0.15) is 5.82 Å². The molecule has 0 aliphatic heterocycles. The summed E-state index contributed by atoms with van der Waals surface area (Å²) >= 11 is 0. The van der Waals surface area contributed by atoms with Crippen molar-refractivity contribution in [1.82, 2.24) is 9.97 Å². The van der Waals surface area contributed by atoms with Crippen LogP contribution < -0.4 is 5.32 Å². The smallest absolute Gasteiger partial charge is 0.373 e. The van der Waals surface area contributed by atoms with Crippen LogP contribution in [0.4, 0.5) is 19.0 Å². The summed E-state index contributed by atoms with van der Waals surface area (Å²) in [4.78, 5) is 8.58. The summed E-state index contributed by atoms with van der Waals surface area (Å²) in [5.41, 5.74) is 0.471. The highest BCUT2D eigenvalue weighted by molar-refractivity contribution is 5.59. The number of anilines is 1. The number of benzene rings is 1. The van der Waals surface area contributed by atoms with E-state index in [-0.39, 0.29) is 0 Å². The van der Waals surface area contributed by atoms with Crippen LogP contribution in [0.5, 0.6) is 0 Å². The molecule has 0 aliphatic carbocycles. The Morgan fingerprint density at radius 3 is 2.52 bits per heavy atom. The second-order valence-electron chi connectivity index (χ2n) is 4.65. The third-order valence-electron chi connectivity index (χ3n) is 2.99. The molecule has 3 nitrogen and oxygen atoms in total. The maximum Gasteiger partial charge on any atom is 0.416 e. The van der Waals surface area contributed by atoms with Gasteiger partial charge in [-0.3, -0.25) is 0 Å². The molecule has 0 atom stereocenters. The minimum atomic E-state index is -4.37. The number of hydrogen-bond donors (Lipinski definition) is 1. The lowest BCUT2D eigenvalue weighted by Crippen LogP contribution is -2.05. The van der Waals surface area contributed by atoms with E-state index in [0.717, 1.165) is 30.7 Å². The maximum atomic E-state index is 12.8. The molecule has 0 saturated heterocycles. The van der Waals surface area contributed by atoms with Gasteiger partial charge in [0.15, 0.2) is 5.82 Å². The number of nitrogens with zero attached hydrogens (tertiary/aromatic N) is 2. The third-order valence-corrected chi connectivity index (χ3v) is 2.99. The molecule has 0 spiro atoms. The fourth-order valence-electron chi connectivity index (χ4n) is 1.97. The molecular weight excluding hydrogens is 279 g/mol. The van der Waals surface area contributed by atoms with Crippen LogP contribution in [0, 0.1) is 0 Å². The van der Waals surface area contributed by atoms with Gasteiger partial charge in [-0.25, -0.2) is 9.97 Å². The summed E-state index contributed by atoms with van der Waals surface area (Å²) in [5, 5.41) is 2.91. The van der Waals surface area contributed by atoms with E-state index >= 15 is 0 Å². The van der Waals surface area contributed by atoms with Crippen molar-refractivity contribution < 1.29 is 13.2 Å². The molecule has 1 heterocycles. The van der Waals surface area contributed by atoms with Crippen molar-refractivity contribution in [2.75, 3.05) is 12.4 Å². The van der Waals surface area contributed by atoms with E-state index in [1.807, 2.05) is 6.92 Å². The van der Waals surface area contributed by atoms with E-state index in [4.69, 9.17) is 0 Å². The molecule has 2 rings (SSSR count). The Morgan fingerprint density at radius 2 is 1.90 bits per heavy atom. The van der Waals surface area contributed by atoms with Crippen LogP contribution in [0.2, 0.25) is 0 Å². The topological polar surface area (TPSA) is 37.8 Å². The van der Waals surface area contributed by atoms with E-state index in [1.165, 1.54) is 6.07 Å². The fraction of sp³-hybridized carbons (Fsp3) is 0.333. The second kappa shape index (κ2) is 6.11. The minimum absolute atomic E-state index is 0.302. The van der Waals surface area contributed by atoms with Crippen molar-refractivity contribution in [2.24, 2.45) is 0 Å². The maximum absolute atomic E-state index is 12.8. The Bertz CT molecular complexity index is 624. The quantitative estimate of drug-likeness (QED) is 0.920. The van der Waals surface area contributed by atoms with Gasteiger partial charge in [-0.1, -0.05) is 25.5 Å². The van der Waals surface area contributed by atoms with Gasteiger partial charge in [0.05, 0.1) is 5.56 Å². The SMILES string of the molecule is CCCc1cc(NC)nc(-c2cccc(C(F)(F)F)c2)n1. The van der Waals surface area contributed by atoms with Gasteiger partial charge in [0.2, 0.25) is 0 Å². The Balaban J connectivity index is 2.48. The number of alkyl halides is 3. The van der Waals surface area contributed by atoms with Crippen LogP contribution in [0.15, 0.2) is 30.3 Å². The number of nitrogens with one attached hydrogen (secondary N) is 1. The average molecular weight is 295 g/mol. The predicted molar refractivity (Wildman–Crippen MR) is 76.0 cm³/mol. The summed E-state index contributed by atoms with van der Waals surface area (Å²) in [6.45, 7) is 2.02. The molecule has 0 fully saturated rings. The first-order valence-corrected chi connectivity index (χ1v) is 6.67. The molecule has 0 bridgehead atoms. The lowest BCUT2D eigenvalue weighted by molar-refractivity contribution is -0.137. The molecule has 1 N–H and O–H groups in total. The summed E-state index contributed by atoms with van der Waals surface area (Å²) in [7, 11) is 1.72. The van der Waals surface area contributed by atoms with E-state index in [0.29, 0.717) is 17.2 Å². The van der Waals surface area contributed by atoms with Crippen LogP contribution in [0.25, 0.3) is 11.4 Å². The Hall–Kier alpha value is -2.11. The van der Waals surface area contributed by atoms with Crippen molar-refractivity contribution in [3.8, 4) is 11.4 Å². The highest BCUT2D eigenvalue weighted by Gasteiger charge is 2.30. The number of halogens is 3.